The van der Waals surface area contributed by atoms with Gasteiger partial charge >= 0.3 is 18.0 Å². The summed E-state index contributed by atoms with van der Waals surface area (Å²) in [6.07, 6.45) is 0.334. The smallest absolute Gasteiger partial charge is 0.407 e. The first-order chi connectivity index (χ1) is 53.1. The number of hydroxylamine groups is 4. The highest BCUT2D eigenvalue weighted by molar-refractivity contribution is 5.99. The van der Waals surface area contributed by atoms with E-state index >= 15 is 0 Å². The minimum absolute atomic E-state index is 0.0164. The Morgan fingerprint density at radius 3 is 1.49 bits per heavy atom. The summed E-state index contributed by atoms with van der Waals surface area (Å²) in [7, 11) is 15.8. The zero-order valence-electron chi connectivity index (χ0n) is 67.9. The molecule has 8 fully saturated rings. The molecule has 2 heterocycles. The van der Waals surface area contributed by atoms with Crippen LogP contribution in [0, 0.1) is 58.2 Å². The summed E-state index contributed by atoms with van der Waals surface area (Å²) >= 11 is 0. The number of anilines is 2. The molecule has 27 nitrogen and oxygen atoms in total. The molecule has 9 N–H and O–H groups in total. The SMILES string of the molecule is COC(=O)CNC(=O)O[C@@H](C)[C@H]1[C@H](CO)ON(Cc2cccc(-c3cc(C(=O)N[C@@H](Cc4ccccc4)CN(C)C)cc(N(C)C)c3)c2OC)[C@@H]1C(=O)N[C@H]1C[C@H]2C[C@@H]([C@@H]1C)C2(C)C.COc1c(CN2O[C@@H](CO)[C@H]([C@H](C)O)[C@H]2C(=O)N[C@H]2C[C@H]3C[C@@H]([C@@H]2C)C3(C)C)cccc1-c1cc(C(=O)NCC(=O)O)cc(N(C)C)c1. The lowest BCUT2D eigenvalue weighted by molar-refractivity contribution is -0.183. The Balaban J connectivity index is 0.000000247. The first kappa shape index (κ1) is 85.5. The van der Waals surface area contributed by atoms with Crippen LogP contribution in [0.25, 0.3) is 22.3 Å². The summed E-state index contributed by atoms with van der Waals surface area (Å²) in [5.41, 5.74) is 8.11. The van der Waals surface area contributed by atoms with Crippen molar-refractivity contribution >= 4 is 53.0 Å². The van der Waals surface area contributed by atoms with Crippen molar-refractivity contribution in [3.63, 3.8) is 0 Å². The van der Waals surface area contributed by atoms with Gasteiger partial charge in [-0.25, -0.2) is 4.79 Å². The number of methoxy groups -OCH3 is 3. The third-order valence-electron chi connectivity index (χ3n) is 24.9. The zero-order valence-corrected chi connectivity index (χ0v) is 67.9. The number of aliphatic carboxylic acids is 1. The summed E-state index contributed by atoms with van der Waals surface area (Å²) in [6, 6.07) is 30.3. The fourth-order valence-corrected chi connectivity index (χ4v) is 18.5. The van der Waals surface area contributed by atoms with Crippen LogP contribution in [0.5, 0.6) is 11.5 Å². The number of carboxylic acid groups (broad SMARTS) is 1. The molecule has 5 aromatic rings. The molecule has 2 saturated heterocycles. The molecule has 112 heavy (non-hydrogen) atoms. The Morgan fingerprint density at radius 1 is 0.598 bits per heavy atom. The Bertz CT molecular complexity index is 4160. The van der Waals surface area contributed by atoms with E-state index < -0.39 is 92.0 Å². The quantitative estimate of drug-likeness (QED) is 0.0198. The second-order valence-electron chi connectivity index (χ2n) is 33.3. The van der Waals surface area contributed by atoms with Crippen LogP contribution in [0.4, 0.5) is 16.2 Å². The highest BCUT2D eigenvalue weighted by atomic mass is 16.7. The summed E-state index contributed by atoms with van der Waals surface area (Å²) in [4.78, 5) is 110. The summed E-state index contributed by atoms with van der Waals surface area (Å²) in [5.74, 6) is -0.888. The molecule has 0 radical (unpaired) electrons. The maximum absolute atomic E-state index is 14.7. The van der Waals surface area contributed by atoms with E-state index in [2.05, 4.69) is 89.9 Å². The number of benzene rings is 5. The third-order valence-corrected chi connectivity index (χ3v) is 24.9. The number of aliphatic hydroxyl groups excluding tert-OH is 3. The van der Waals surface area contributed by atoms with E-state index in [0.717, 1.165) is 47.3 Å². The number of hydrogen-bond donors (Lipinski definition) is 9. The second kappa shape index (κ2) is 36.5. The molecule has 0 unspecified atom stereocenters. The largest absolute Gasteiger partial charge is 0.496 e. The van der Waals surface area contributed by atoms with Gasteiger partial charge in [0.25, 0.3) is 11.8 Å². The van der Waals surface area contributed by atoms with Crippen molar-refractivity contribution in [1.82, 2.24) is 41.6 Å². The van der Waals surface area contributed by atoms with Crippen LogP contribution < -0.4 is 45.9 Å². The predicted molar refractivity (Wildman–Crippen MR) is 425 cm³/mol. The van der Waals surface area contributed by atoms with Crippen LogP contribution in [0.3, 0.4) is 0 Å². The number of amides is 5. The number of esters is 1. The summed E-state index contributed by atoms with van der Waals surface area (Å²) in [6.45, 7) is 16.0. The average Bonchev–Trinajstić information content (AvgIpc) is 0.870. The van der Waals surface area contributed by atoms with Gasteiger partial charge in [-0.1, -0.05) is 108 Å². The molecule has 5 aromatic carbocycles. The fourth-order valence-electron chi connectivity index (χ4n) is 18.5. The molecule has 0 aromatic heterocycles. The fraction of sp³-hybridized carbons (Fsp3) is 0.565. The number of hydrogen-bond acceptors (Lipinski definition) is 21. The molecule has 0 spiro atoms. The summed E-state index contributed by atoms with van der Waals surface area (Å²) in [5, 5.41) is 58.7. The summed E-state index contributed by atoms with van der Waals surface area (Å²) < 4.78 is 22.5. The van der Waals surface area contributed by atoms with Crippen molar-refractivity contribution in [1.29, 1.82) is 0 Å². The second-order valence-corrected chi connectivity index (χ2v) is 33.3. The molecular formula is C85H118N10O17. The lowest BCUT2D eigenvalue weighted by Crippen LogP contribution is -2.62. The monoisotopic (exact) mass is 1550 g/mol. The Hall–Kier alpha value is -8.93. The predicted octanol–water partition coefficient (Wildman–Crippen LogP) is 7.80. The number of rotatable bonds is 30. The maximum Gasteiger partial charge on any atom is 0.407 e. The van der Waals surface area contributed by atoms with E-state index in [1.165, 1.54) is 13.5 Å². The van der Waals surface area contributed by atoms with Gasteiger partial charge in [0.2, 0.25) is 11.8 Å². The number of carbonyl (C=O) groups is 7. The van der Waals surface area contributed by atoms with Crippen molar-refractivity contribution in [2.45, 2.75) is 155 Å². The number of carbonyl (C=O) groups excluding carboxylic acids is 6. The molecule has 4 bridgehead atoms. The lowest BCUT2D eigenvalue weighted by Gasteiger charge is -2.62. The van der Waals surface area contributed by atoms with Gasteiger partial charge in [0.1, 0.15) is 55.0 Å². The van der Waals surface area contributed by atoms with Crippen molar-refractivity contribution in [2.24, 2.45) is 58.2 Å². The molecular weight excluding hydrogens is 1430 g/mol. The Morgan fingerprint density at radius 2 is 1.07 bits per heavy atom. The van der Waals surface area contributed by atoms with Gasteiger partial charge < -0.3 is 80.7 Å². The van der Waals surface area contributed by atoms with Crippen LogP contribution >= 0.6 is 0 Å². The van der Waals surface area contributed by atoms with Gasteiger partial charge in [-0.05, 0) is 159 Å². The highest BCUT2D eigenvalue weighted by Gasteiger charge is 2.60. The number of para-hydroxylation sites is 2. The first-order valence-electron chi connectivity index (χ1n) is 39.0. The molecule has 5 amide bonds. The number of alkyl carbamates (subject to hydrolysis) is 1. The molecule has 27 heteroatoms. The van der Waals surface area contributed by atoms with E-state index in [0.29, 0.717) is 81.9 Å². The minimum atomic E-state index is -1.15. The van der Waals surface area contributed by atoms with Crippen LogP contribution in [-0.2, 0) is 57.8 Å². The number of fused-ring (bicyclic) bond motifs is 4. The molecule has 13 rings (SSSR count). The first-order valence-corrected chi connectivity index (χ1v) is 39.0. The standard InChI is InChI=1S/C49H68N6O9.C36H50N4O8/c1-29-39-23-35(49(39,3)4)24-40(29)52-47(59)44-43(30(2)63-48(60)50-25-42(57)61-9)41(28-56)64-55(44)26-32-17-14-18-38(45(32)62-10)33-20-34(22-37(21-33)54(7)8)46(58)51-36(27-53(5)6)19-31-15-12-11-13-16-31;1-19-27-14-24(36(27,3)4)15-28(19)38-35(46)32-31(20(2)42)29(18-41)48-40(32)17-21-9-8-10-26(33(21)47-7)22-11-23(13-25(12-22)39(5)6)34(45)37-16-30(43)44/h11-18,20-22,29-30,35-36,39-41,43-44,56H,19,23-28H2,1-10H3,(H,50,60)(H,51,58)(H,52,59);8-13,19-20,24,27-29,31-32,41-42H,14-18H2,1-7H3,(H,37,45)(H,38,46)(H,43,44)/t29-,30-,35+,36-,39-,40-,41-,43-,44-;19-,20-,24+,27-,28-,29-,31-,32-/m00/s1. The number of nitrogens with zero attached hydrogens (tertiary/aromatic N) is 5. The van der Waals surface area contributed by atoms with Crippen LogP contribution in [0.1, 0.15) is 118 Å². The van der Waals surface area contributed by atoms with Gasteiger partial charge in [-0.2, -0.15) is 10.1 Å². The maximum atomic E-state index is 14.7. The molecule has 6 saturated carbocycles. The van der Waals surface area contributed by atoms with E-state index in [9.17, 15) is 48.9 Å². The molecule has 2 aliphatic heterocycles. The van der Waals surface area contributed by atoms with Gasteiger partial charge in [0.15, 0.2) is 0 Å². The average molecular weight is 1550 g/mol. The van der Waals surface area contributed by atoms with Gasteiger partial charge in [-0.3, -0.25) is 38.4 Å². The minimum Gasteiger partial charge on any atom is -0.496 e. The Kier molecular flexibility index (Phi) is 27.8. The highest BCUT2D eigenvalue weighted by Crippen LogP contribution is 2.62. The van der Waals surface area contributed by atoms with Gasteiger partial charge in [-0.15, -0.1) is 0 Å². The van der Waals surface area contributed by atoms with Crippen molar-refractivity contribution < 1.29 is 82.6 Å². The van der Waals surface area contributed by atoms with Crippen LogP contribution in [0.2, 0.25) is 0 Å². The van der Waals surface area contributed by atoms with E-state index in [1.54, 1.807) is 50.3 Å². The number of aliphatic hydroxyl groups is 3. The topological polar surface area (TPSA) is 332 Å². The third kappa shape index (κ3) is 19.0. The molecule has 17 atom stereocenters. The van der Waals surface area contributed by atoms with Gasteiger partial charge in [0, 0.05) is 104 Å². The zero-order chi connectivity index (χ0) is 81.5. The number of ether oxygens (including phenoxy) is 4. The molecule has 6 aliphatic carbocycles. The lowest BCUT2D eigenvalue weighted by atomic mass is 9.45. The van der Waals surface area contributed by atoms with Crippen LogP contribution in [-0.4, -0.2) is 228 Å². The van der Waals surface area contributed by atoms with Crippen molar-refractivity contribution in [3.8, 4) is 33.8 Å². The molecule has 610 valence electrons. The van der Waals surface area contributed by atoms with Crippen molar-refractivity contribution in [3.05, 3.63) is 131 Å². The molecule has 8 aliphatic rings. The number of nitrogens with one attached hydrogen (secondary N) is 5. The van der Waals surface area contributed by atoms with E-state index in [-0.39, 0.29) is 77.9 Å². The van der Waals surface area contributed by atoms with Crippen molar-refractivity contribution in [2.75, 3.05) is 106 Å². The van der Waals surface area contributed by atoms with E-state index in [1.807, 2.05) is 131 Å². The van der Waals surface area contributed by atoms with E-state index in [4.69, 9.17) is 29.0 Å². The van der Waals surface area contributed by atoms with Crippen LogP contribution in [0.15, 0.2) is 103 Å². The Labute approximate surface area is 658 Å². The normalized spacial score (nSPS) is 26.1. The number of carboxylic acids is 1. The van der Waals surface area contributed by atoms with Gasteiger partial charge in [0.05, 0.1) is 59.7 Å². The number of likely N-dealkylation sites (N-methyl/N-ethyl adjacent to an activating group) is 1.